The van der Waals surface area contributed by atoms with Gasteiger partial charge in [-0.25, -0.2) is 0 Å². The fraction of sp³-hybridized carbons (Fsp3) is 0.467. The molecular formula is C45H52N2O14. The molecule has 1 fully saturated rings. The first kappa shape index (κ1) is 44.7. The summed E-state index contributed by atoms with van der Waals surface area (Å²) in [5.74, 6) is -11.2. The van der Waals surface area contributed by atoms with Gasteiger partial charge in [0.1, 0.15) is 34.7 Å². The first-order valence-corrected chi connectivity index (χ1v) is 20.1. The molecule has 0 unspecified atom stereocenters. The Balaban J connectivity index is 1.45. The molecule has 2 aromatic rings. The molecule has 0 spiro atoms. The smallest absolute Gasteiger partial charge is 0.312 e. The Kier molecular flexibility index (Phi) is 12.7. The highest BCUT2D eigenvalue weighted by Crippen LogP contribution is 2.49. The molecule has 326 valence electrons. The molecule has 10 atom stereocenters. The summed E-state index contributed by atoms with van der Waals surface area (Å²) in [5.41, 5.74) is -1.71. The maximum Gasteiger partial charge on any atom is 0.312 e. The van der Waals surface area contributed by atoms with Crippen LogP contribution in [0.25, 0.3) is 0 Å². The van der Waals surface area contributed by atoms with Gasteiger partial charge in [-0.1, -0.05) is 32.9 Å². The van der Waals surface area contributed by atoms with E-state index >= 15 is 0 Å². The lowest BCUT2D eigenvalue weighted by atomic mass is 9.79. The molecule has 3 aliphatic heterocycles. The Labute approximate surface area is 352 Å². The molecular weight excluding hydrogens is 792 g/mol. The quantitative estimate of drug-likeness (QED) is 0.228. The van der Waals surface area contributed by atoms with E-state index in [1.165, 1.54) is 53.0 Å². The Morgan fingerprint density at radius 2 is 1.61 bits per heavy atom. The number of methoxy groups -OCH3 is 1. The van der Waals surface area contributed by atoms with Gasteiger partial charge in [0.25, 0.3) is 11.7 Å². The van der Waals surface area contributed by atoms with Gasteiger partial charge in [0.2, 0.25) is 11.6 Å². The average Bonchev–Trinajstić information content (AvgIpc) is 3.98. The topological polar surface area (TPSA) is 244 Å². The van der Waals surface area contributed by atoms with Gasteiger partial charge in [-0.2, -0.15) is 0 Å². The summed E-state index contributed by atoms with van der Waals surface area (Å²) >= 11 is 0. The van der Waals surface area contributed by atoms with E-state index in [1.54, 1.807) is 32.9 Å². The number of aliphatic hydroxyl groups is 2. The zero-order chi connectivity index (χ0) is 44.8. The van der Waals surface area contributed by atoms with Crippen LogP contribution in [-0.4, -0.2) is 99.3 Å². The molecule has 0 aromatic heterocycles. The lowest BCUT2D eigenvalue weighted by Crippen LogP contribution is -2.46. The standard InChI is InChI=1S/C45H52N2O14/c1-19-17-29(50)27-18-28(27)37(52)21(3)36(51)22(4)41(60-24(6)48)20(2)30(58-8)14-16-59-45(7)43(56)33-31-32(38(53)23(5)42(33)61-45)40(55)35(47-44(19)57)34(39(31)54)46-15-13-25-9-11-26(49)12-10-25/h9-12,14,16-17,20-22,27-28,30,36-37,41,46,49,51-53H,13,15,18H2,1-8H3,(H,47,57)/b16-14+,19-17-/t20-,21+,22-,27-,28+,30+,36-,37-,41-,45+/m1/s1. The molecule has 16 nitrogen and oxygen atoms in total. The van der Waals surface area contributed by atoms with E-state index < -0.39 is 123 Å². The van der Waals surface area contributed by atoms with Gasteiger partial charge >= 0.3 is 11.8 Å². The van der Waals surface area contributed by atoms with E-state index in [4.69, 9.17) is 18.9 Å². The minimum absolute atomic E-state index is 0.0337. The Morgan fingerprint density at radius 3 is 2.25 bits per heavy atom. The van der Waals surface area contributed by atoms with Crippen LogP contribution in [0.4, 0.5) is 0 Å². The summed E-state index contributed by atoms with van der Waals surface area (Å²) in [6.45, 7) is 10.3. The van der Waals surface area contributed by atoms with Crippen molar-refractivity contribution in [1.29, 1.82) is 0 Å². The molecule has 5 aliphatic rings. The first-order valence-electron chi connectivity index (χ1n) is 20.1. The maximum atomic E-state index is 14.6. The van der Waals surface area contributed by atoms with Crippen LogP contribution in [0.1, 0.15) is 90.2 Å². The molecule has 2 aliphatic carbocycles. The number of hydrogen-bond acceptors (Lipinski definition) is 15. The number of fused-ring (bicyclic) bond motifs is 12. The number of phenolic OH excluding ortho intramolecular Hbond substituents is 2. The van der Waals surface area contributed by atoms with Crippen LogP contribution >= 0.6 is 0 Å². The van der Waals surface area contributed by atoms with Gasteiger partial charge in [-0.3, -0.25) is 28.8 Å². The highest BCUT2D eigenvalue weighted by molar-refractivity contribution is 6.32. The lowest BCUT2D eigenvalue weighted by molar-refractivity contribution is -0.160. The van der Waals surface area contributed by atoms with Gasteiger partial charge < -0.3 is 50.0 Å². The molecule has 61 heavy (non-hydrogen) atoms. The highest BCUT2D eigenvalue weighted by Gasteiger charge is 2.53. The number of aliphatic hydroxyl groups excluding tert-OH is 2. The second-order valence-electron chi connectivity index (χ2n) is 16.5. The second-order valence-corrected chi connectivity index (χ2v) is 16.5. The number of aromatic hydroxyl groups is 2. The number of ether oxygens (including phenoxy) is 4. The number of carbonyl (C=O) groups is 6. The summed E-state index contributed by atoms with van der Waals surface area (Å²) in [4.78, 5) is 83.1. The van der Waals surface area contributed by atoms with Gasteiger partial charge in [0.15, 0.2) is 5.78 Å². The van der Waals surface area contributed by atoms with Gasteiger partial charge in [0, 0.05) is 62.3 Å². The van der Waals surface area contributed by atoms with E-state index in [1.807, 2.05) is 0 Å². The molecule has 16 heteroatoms. The van der Waals surface area contributed by atoms with Crippen LogP contribution < -0.4 is 15.4 Å². The first-order chi connectivity index (χ1) is 28.7. The van der Waals surface area contributed by atoms with Crippen LogP contribution in [0.3, 0.4) is 0 Å². The summed E-state index contributed by atoms with van der Waals surface area (Å²) in [6.07, 6.45) is 0.0418. The van der Waals surface area contributed by atoms with E-state index in [2.05, 4.69) is 10.6 Å². The monoisotopic (exact) mass is 844 g/mol. The Morgan fingerprint density at radius 1 is 0.934 bits per heavy atom. The number of benzene rings is 2. The number of phenols is 2. The minimum Gasteiger partial charge on any atom is -0.508 e. The SMILES string of the molecule is CO[C@H]1/C=C/O[C@@]2(C)Oc3c(C)c(O)c4c(c3C2=O)C(=O)C(NCCc2ccc(O)cc2)=C(NC(=O)/C(C)=C\C(=O)[C@@H]2C[C@@H]2[C@H](O)[C@@H](C)[C@@H](O)[C@@H](C)[C@H](OC(C)=O)[C@@H]1C)C4=O. The normalized spacial score (nSPS) is 31.9. The van der Waals surface area contributed by atoms with Crippen molar-refractivity contribution in [3.8, 4) is 17.2 Å². The summed E-state index contributed by atoms with van der Waals surface area (Å²) in [5, 5.41) is 49.5. The average molecular weight is 845 g/mol. The molecule has 5 bridgehead atoms. The molecule has 3 heterocycles. The fourth-order valence-corrected chi connectivity index (χ4v) is 8.51. The van der Waals surface area contributed by atoms with Crippen LogP contribution in [-0.2, 0) is 35.0 Å². The third-order valence-corrected chi connectivity index (χ3v) is 12.3. The Bertz CT molecular complexity index is 2260. The molecule has 0 saturated heterocycles. The van der Waals surface area contributed by atoms with Crippen LogP contribution in [0.15, 0.2) is 59.6 Å². The van der Waals surface area contributed by atoms with E-state index in [0.29, 0.717) is 0 Å². The number of rotatable bonds is 6. The predicted octanol–water partition coefficient (Wildman–Crippen LogP) is 3.51. The van der Waals surface area contributed by atoms with Crippen molar-refractivity contribution >= 4 is 35.0 Å². The zero-order valence-corrected chi connectivity index (χ0v) is 35.2. The maximum absolute atomic E-state index is 14.6. The summed E-state index contributed by atoms with van der Waals surface area (Å²) in [7, 11) is 1.40. The predicted molar refractivity (Wildman–Crippen MR) is 216 cm³/mol. The molecule has 7 rings (SSSR count). The number of ketones is 4. The number of allylic oxidation sites excluding steroid dienone is 3. The molecule has 1 saturated carbocycles. The molecule has 2 aromatic carbocycles. The highest BCUT2D eigenvalue weighted by atomic mass is 16.7. The van der Waals surface area contributed by atoms with Crippen molar-refractivity contribution in [3.05, 3.63) is 87.5 Å². The summed E-state index contributed by atoms with van der Waals surface area (Å²) in [6, 6.07) is 6.29. The largest absolute Gasteiger partial charge is 0.508 e. The minimum atomic E-state index is -2.13. The fourth-order valence-electron chi connectivity index (χ4n) is 8.51. The number of carbonyl (C=O) groups excluding carboxylic acids is 6. The number of amides is 1. The van der Waals surface area contributed by atoms with Crippen molar-refractivity contribution in [2.75, 3.05) is 13.7 Å². The van der Waals surface area contributed by atoms with Crippen LogP contribution in [0.5, 0.6) is 17.2 Å². The van der Waals surface area contributed by atoms with Gasteiger partial charge in [-0.05, 0) is 62.5 Å². The zero-order valence-electron chi connectivity index (χ0n) is 35.2. The number of esters is 1. The van der Waals surface area contributed by atoms with Gasteiger partial charge in [0.05, 0.1) is 41.3 Å². The third-order valence-electron chi connectivity index (χ3n) is 12.3. The van der Waals surface area contributed by atoms with E-state index in [9.17, 15) is 49.2 Å². The van der Waals surface area contributed by atoms with E-state index in [-0.39, 0.29) is 47.6 Å². The van der Waals surface area contributed by atoms with Crippen molar-refractivity contribution in [3.63, 3.8) is 0 Å². The lowest BCUT2D eigenvalue weighted by Gasteiger charge is -2.37. The van der Waals surface area contributed by atoms with Crippen molar-refractivity contribution in [2.45, 2.75) is 91.5 Å². The number of Topliss-reactive ketones (excluding diaryl/α,β-unsaturated/α-hetero) is 3. The molecule has 6 N–H and O–H groups in total. The van der Waals surface area contributed by atoms with Crippen molar-refractivity contribution < 1.29 is 68.1 Å². The van der Waals surface area contributed by atoms with Crippen LogP contribution in [0, 0.1) is 36.5 Å². The Hall–Kier alpha value is -5.84. The second kappa shape index (κ2) is 17.3. The summed E-state index contributed by atoms with van der Waals surface area (Å²) < 4.78 is 23.4. The molecule has 0 radical (unpaired) electrons. The third kappa shape index (κ3) is 8.44. The number of hydrogen-bond donors (Lipinski definition) is 6. The van der Waals surface area contributed by atoms with Crippen molar-refractivity contribution in [2.24, 2.45) is 29.6 Å². The molecule has 1 amide bonds. The van der Waals surface area contributed by atoms with Crippen LogP contribution in [0.2, 0.25) is 0 Å². The van der Waals surface area contributed by atoms with E-state index in [0.717, 1.165) is 17.9 Å². The number of nitrogens with one attached hydrogen (secondary N) is 2. The van der Waals surface area contributed by atoms with Crippen molar-refractivity contribution in [1.82, 2.24) is 10.6 Å². The van der Waals surface area contributed by atoms with Gasteiger partial charge in [-0.15, -0.1) is 0 Å².